The smallest absolute Gasteiger partial charge is 0.330 e. The van der Waals surface area contributed by atoms with Crippen LogP contribution in [0.5, 0.6) is 0 Å². The molecule has 1 fully saturated rings. The molecule has 7 heteroatoms. The summed E-state index contributed by atoms with van der Waals surface area (Å²) in [5.74, 6) is -1.65. The predicted molar refractivity (Wildman–Crippen MR) is 85.5 cm³/mol. The van der Waals surface area contributed by atoms with E-state index in [4.69, 9.17) is 0 Å². The molecule has 1 saturated heterocycles. The van der Waals surface area contributed by atoms with E-state index in [0.29, 0.717) is 0 Å². The zero-order valence-corrected chi connectivity index (χ0v) is 13.2. The molecule has 1 aromatic rings. The molecule has 0 aliphatic carbocycles. The Morgan fingerprint density at radius 1 is 1.30 bits per heavy atom. The fourth-order valence-electron chi connectivity index (χ4n) is 2.77. The van der Waals surface area contributed by atoms with Gasteiger partial charge in [-0.3, -0.25) is 9.59 Å². The van der Waals surface area contributed by atoms with E-state index in [2.05, 4.69) is 5.32 Å². The summed E-state index contributed by atoms with van der Waals surface area (Å²) in [5.41, 5.74) is 0.865. The van der Waals surface area contributed by atoms with E-state index in [1.807, 2.05) is 37.3 Å². The lowest BCUT2D eigenvalue weighted by Crippen LogP contribution is -2.73. The Hall–Kier alpha value is -2.28. The standard InChI is InChI=1S/C16H16N2O4S/c1-9-7-11(16(21)22)18-14(20)13(15(18)23-9)17-12(19)8-10-5-3-2-4-6-10/h2-7,11,13,15H,8H2,1H3,(H,17,19)(H,21,22)/t11?,13?,15-/m0/s1. The average molecular weight is 332 g/mol. The van der Waals surface area contributed by atoms with Gasteiger partial charge >= 0.3 is 5.97 Å². The molecule has 120 valence electrons. The summed E-state index contributed by atoms with van der Waals surface area (Å²) in [6.45, 7) is 1.81. The van der Waals surface area contributed by atoms with E-state index in [1.54, 1.807) is 6.08 Å². The minimum absolute atomic E-state index is 0.194. The lowest BCUT2D eigenvalue weighted by atomic mass is 10.0. The molecule has 3 rings (SSSR count). The lowest BCUT2D eigenvalue weighted by molar-refractivity contribution is -0.159. The molecule has 2 unspecified atom stereocenters. The molecule has 1 aromatic carbocycles. The molecule has 3 atom stereocenters. The number of carbonyl (C=O) groups is 3. The largest absolute Gasteiger partial charge is 0.479 e. The number of hydrogen-bond donors (Lipinski definition) is 2. The van der Waals surface area contributed by atoms with E-state index in [9.17, 15) is 19.5 Å². The number of allylic oxidation sites excluding steroid dienone is 1. The molecular weight excluding hydrogens is 316 g/mol. The molecule has 2 aliphatic rings. The number of rotatable bonds is 4. The van der Waals surface area contributed by atoms with Gasteiger partial charge in [-0.1, -0.05) is 30.3 Å². The highest BCUT2D eigenvalue weighted by Gasteiger charge is 2.54. The van der Waals surface area contributed by atoms with Gasteiger partial charge in [0.1, 0.15) is 17.5 Å². The van der Waals surface area contributed by atoms with Gasteiger partial charge in [0, 0.05) is 0 Å². The van der Waals surface area contributed by atoms with Crippen LogP contribution in [0.3, 0.4) is 0 Å². The Bertz CT molecular complexity index is 689. The van der Waals surface area contributed by atoms with Gasteiger partial charge in [0.25, 0.3) is 0 Å². The fraction of sp³-hybridized carbons (Fsp3) is 0.312. The third kappa shape index (κ3) is 2.96. The number of thioether (sulfide) groups is 1. The number of nitrogens with one attached hydrogen (secondary N) is 1. The number of amides is 2. The summed E-state index contributed by atoms with van der Waals surface area (Å²) in [6.07, 6.45) is 1.75. The monoisotopic (exact) mass is 332 g/mol. The quantitative estimate of drug-likeness (QED) is 0.803. The summed E-state index contributed by atoms with van der Waals surface area (Å²) < 4.78 is 0. The van der Waals surface area contributed by atoms with Crippen molar-refractivity contribution in [2.45, 2.75) is 30.8 Å². The van der Waals surface area contributed by atoms with Gasteiger partial charge in [-0.15, -0.1) is 11.8 Å². The molecular formula is C16H16N2O4S. The van der Waals surface area contributed by atoms with Crippen LogP contribution in [-0.4, -0.2) is 45.2 Å². The summed E-state index contributed by atoms with van der Waals surface area (Å²) in [7, 11) is 0. The minimum Gasteiger partial charge on any atom is -0.479 e. The van der Waals surface area contributed by atoms with Crippen LogP contribution in [0.15, 0.2) is 41.3 Å². The Balaban J connectivity index is 1.67. The molecule has 23 heavy (non-hydrogen) atoms. The summed E-state index contributed by atoms with van der Waals surface area (Å²) in [4.78, 5) is 37.7. The van der Waals surface area contributed by atoms with Crippen molar-refractivity contribution in [3.05, 3.63) is 46.9 Å². The minimum atomic E-state index is -1.06. The van der Waals surface area contributed by atoms with Crippen LogP contribution in [0.1, 0.15) is 12.5 Å². The normalized spacial score (nSPS) is 26.0. The van der Waals surface area contributed by atoms with Crippen LogP contribution in [0.25, 0.3) is 0 Å². The number of nitrogens with zero attached hydrogens (tertiary/aromatic N) is 1. The van der Waals surface area contributed by atoms with Crippen LogP contribution >= 0.6 is 11.8 Å². The third-order valence-corrected chi connectivity index (χ3v) is 5.10. The SMILES string of the molecule is CC1=CC(C(=O)O)N2C(=O)C(NC(=O)Cc3ccccc3)[C@@H]2S1. The van der Waals surface area contributed by atoms with Crippen LogP contribution in [-0.2, 0) is 20.8 Å². The topological polar surface area (TPSA) is 86.7 Å². The number of β-lactam (4-membered cyclic amide) rings is 1. The highest BCUT2D eigenvalue weighted by molar-refractivity contribution is 8.03. The molecule has 2 N–H and O–H groups in total. The van der Waals surface area contributed by atoms with E-state index >= 15 is 0 Å². The lowest BCUT2D eigenvalue weighted by Gasteiger charge is -2.50. The molecule has 2 heterocycles. The van der Waals surface area contributed by atoms with Gasteiger partial charge in [-0.2, -0.15) is 0 Å². The summed E-state index contributed by atoms with van der Waals surface area (Å²) in [5, 5.41) is 11.6. The van der Waals surface area contributed by atoms with Crippen molar-refractivity contribution in [2.75, 3.05) is 0 Å². The van der Waals surface area contributed by atoms with E-state index < -0.39 is 18.1 Å². The summed E-state index contributed by atoms with van der Waals surface area (Å²) in [6, 6.07) is 7.64. The highest BCUT2D eigenvalue weighted by Crippen LogP contribution is 2.40. The first-order chi connectivity index (χ1) is 11.0. The fourth-order valence-corrected chi connectivity index (χ4v) is 4.03. The Kier molecular flexibility index (Phi) is 4.12. The van der Waals surface area contributed by atoms with Crippen molar-refractivity contribution in [3.8, 4) is 0 Å². The first-order valence-corrected chi connectivity index (χ1v) is 8.08. The van der Waals surface area contributed by atoms with Crippen LogP contribution in [0, 0.1) is 0 Å². The zero-order chi connectivity index (χ0) is 16.6. The van der Waals surface area contributed by atoms with Gasteiger partial charge in [-0.25, -0.2) is 4.79 Å². The van der Waals surface area contributed by atoms with E-state index in [1.165, 1.54) is 16.7 Å². The number of hydrogen-bond acceptors (Lipinski definition) is 4. The maximum atomic E-state index is 12.2. The van der Waals surface area contributed by atoms with Gasteiger partial charge in [0.15, 0.2) is 0 Å². The van der Waals surface area contributed by atoms with Gasteiger partial charge in [-0.05, 0) is 23.5 Å². The Morgan fingerprint density at radius 2 is 2.00 bits per heavy atom. The Labute approximate surface area is 137 Å². The molecule has 0 spiro atoms. The predicted octanol–water partition coefficient (Wildman–Crippen LogP) is 0.986. The molecule has 0 aromatic heterocycles. The number of carbonyl (C=O) groups excluding carboxylic acids is 2. The average Bonchev–Trinajstić information content (AvgIpc) is 2.52. The van der Waals surface area contributed by atoms with Crippen molar-refractivity contribution < 1.29 is 19.5 Å². The zero-order valence-electron chi connectivity index (χ0n) is 12.4. The van der Waals surface area contributed by atoms with Crippen molar-refractivity contribution in [3.63, 3.8) is 0 Å². The summed E-state index contributed by atoms with van der Waals surface area (Å²) >= 11 is 1.41. The second-order valence-corrected chi connectivity index (χ2v) is 6.88. The number of aliphatic carboxylic acids is 1. The van der Waals surface area contributed by atoms with Gasteiger partial charge in [0.05, 0.1) is 6.42 Å². The maximum absolute atomic E-state index is 12.2. The molecule has 0 saturated carbocycles. The van der Waals surface area contributed by atoms with Crippen molar-refractivity contribution in [1.82, 2.24) is 10.2 Å². The molecule has 2 aliphatic heterocycles. The Morgan fingerprint density at radius 3 is 2.65 bits per heavy atom. The van der Waals surface area contributed by atoms with Crippen molar-refractivity contribution in [2.24, 2.45) is 0 Å². The van der Waals surface area contributed by atoms with Crippen LogP contribution in [0.4, 0.5) is 0 Å². The molecule has 0 radical (unpaired) electrons. The number of carboxylic acid groups (broad SMARTS) is 1. The number of benzene rings is 1. The second kappa shape index (κ2) is 6.08. The van der Waals surface area contributed by atoms with Gasteiger partial charge in [0.2, 0.25) is 11.8 Å². The van der Waals surface area contributed by atoms with Gasteiger partial charge < -0.3 is 15.3 Å². The van der Waals surface area contributed by atoms with Crippen molar-refractivity contribution in [1.29, 1.82) is 0 Å². The first kappa shape index (κ1) is 15.6. The highest BCUT2D eigenvalue weighted by atomic mass is 32.2. The number of fused-ring (bicyclic) bond motifs is 1. The van der Waals surface area contributed by atoms with Crippen LogP contribution < -0.4 is 5.32 Å². The van der Waals surface area contributed by atoms with E-state index in [0.717, 1.165) is 10.5 Å². The third-order valence-electron chi connectivity index (χ3n) is 3.86. The second-order valence-electron chi connectivity index (χ2n) is 5.52. The maximum Gasteiger partial charge on any atom is 0.330 e. The van der Waals surface area contributed by atoms with Crippen molar-refractivity contribution >= 4 is 29.5 Å². The molecule has 0 bridgehead atoms. The molecule has 2 amide bonds. The number of carboxylic acids is 1. The van der Waals surface area contributed by atoms with E-state index in [-0.39, 0.29) is 23.6 Å². The first-order valence-electron chi connectivity index (χ1n) is 7.20. The molecule has 6 nitrogen and oxygen atoms in total. The van der Waals surface area contributed by atoms with Crippen LogP contribution in [0.2, 0.25) is 0 Å².